The fraction of sp³-hybridized carbons (Fsp3) is 0.840. The minimum atomic E-state index is -0.0965. The second kappa shape index (κ2) is 6.37. The van der Waals surface area contributed by atoms with Gasteiger partial charge in [0.25, 0.3) is 0 Å². The van der Waals surface area contributed by atoms with E-state index in [0.717, 1.165) is 30.6 Å². The first kappa shape index (κ1) is 18.3. The van der Waals surface area contributed by atoms with Crippen LogP contribution in [0, 0.1) is 34.5 Å². The summed E-state index contributed by atoms with van der Waals surface area (Å²) in [6.07, 6.45) is 16.5. The van der Waals surface area contributed by atoms with Gasteiger partial charge in [0.05, 0.1) is 6.10 Å². The highest BCUT2D eigenvalue weighted by atomic mass is 16.3. The average Bonchev–Trinajstić information content (AvgIpc) is 3.01. The minimum absolute atomic E-state index is 0.0965. The van der Waals surface area contributed by atoms with E-state index < -0.39 is 0 Å². The number of allylic oxidation sites excluding steroid dienone is 3. The van der Waals surface area contributed by atoms with Crippen molar-refractivity contribution in [1.82, 2.24) is 4.90 Å². The van der Waals surface area contributed by atoms with Crippen molar-refractivity contribution < 1.29 is 5.11 Å². The van der Waals surface area contributed by atoms with E-state index in [4.69, 9.17) is 0 Å². The molecule has 150 valence electrons. The monoisotopic (exact) mass is 369 g/mol. The zero-order valence-corrected chi connectivity index (χ0v) is 17.7. The number of likely N-dealkylation sites (tertiary alicyclic amines) is 1. The number of nitrogens with zero attached hydrogens (tertiary/aromatic N) is 1. The fourth-order valence-corrected chi connectivity index (χ4v) is 8.17. The van der Waals surface area contributed by atoms with Gasteiger partial charge in [-0.3, -0.25) is 0 Å². The third-order valence-electron chi connectivity index (χ3n) is 9.64. The SMILES string of the molecule is CC1C=C2CC(O)CC[C@]2(C)[C@H]2CC[C@]3(C)C(N4CCCCC4)=CC[C@H]3[C@H]12. The van der Waals surface area contributed by atoms with Gasteiger partial charge in [-0.1, -0.05) is 38.5 Å². The lowest BCUT2D eigenvalue weighted by atomic mass is 9.46. The largest absolute Gasteiger partial charge is 0.393 e. The standard InChI is InChI=1S/C25H39NO/c1-17-15-18-16-19(27)9-11-24(18,2)21-10-12-25(3)20(23(17)21)7-8-22(25)26-13-5-4-6-14-26/h8,15,17,19-21,23,27H,4-7,9-14,16H2,1-3H3/t17?,19?,20-,21-,23-,24-,25-/m0/s1. The summed E-state index contributed by atoms with van der Waals surface area (Å²) in [4.78, 5) is 2.76. The molecule has 5 aliphatic rings. The molecule has 0 bridgehead atoms. The molecule has 1 saturated heterocycles. The highest BCUT2D eigenvalue weighted by Gasteiger charge is 2.58. The number of aliphatic hydroxyl groups excluding tert-OH is 1. The summed E-state index contributed by atoms with van der Waals surface area (Å²) < 4.78 is 0. The van der Waals surface area contributed by atoms with Crippen LogP contribution in [0.3, 0.4) is 0 Å². The molecular weight excluding hydrogens is 330 g/mol. The molecule has 2 unspecified atom stereocenters. The Kier molecular flexibility index (Phi) is 4.31. The van der Waals surface area contributed by atoms with E-state index in [2.05, 4.69) is 37.8 Å². The lowest BCUT2D eigenvalue weighted by molar-refractivity contribution is -0.0544. The van der Waals surface area contributed by atoms with E-state index >= 15 is 0 Å². The van der Waals surface area contributed by atoms with Crippen LogP contribution in [0.5, 0.6) is 0 Å². The maximum atomic E-state index is 10.3. The summed E-state index contributed by atoms with van der Waals surface area (Å²) in [5.74, 6) is 3.14. The van der Waals surface area contributed by atoms with Gasteiger partial charge in [-0.15, -0.1) is 0 Å². The Morgan fingerprint density at radius 3 is 2.52 bits per heavy atom. The number of hydrogen-bond donors (Lipinski definition) is 1. The Hall–Kier alpha value is -0.760. The molecule has 0 amide bonds. The Bertz CT molecular complexity index is 659. The lowest BCUT2D eigenvalue weighted by Gasteiger charge is -2.60. The summed E-state index contributed by atoms with van der Waals surface area (Å²) in [5, 5.41) is 10.3. The van der Waals surface area contributed by atoms with Crippen LogP contribution < -0.4 is 0 Å². The highest BCUT2D eigenvalue weighted by Crippen LogP contribution is 2.66. The first-order valence-corrected chi connectivity index (χ1v) is 11.8. The van der Waals surface area contributed by atoms with Gasteiger partial charge >= 0.3 is 0 Å². The zero-order valence-electron chi connectivity index (χ0n) is 17.7. The molecule has 2 heteroatoms. The summed E-state index contributed by atoms with van der Waals surface area (Å²) in [7, 11) is 0. The van der Waals surface area contributed by atoms with Gasteiger partial charge in [-0.05, 0) is 86.9 Å². The molecule has 2 saturated carbocycles. The molecule has 0 aromatic heterocycles. The van der Waals surface area contributed by atoms with E-state index in [9.17, 15) is 5.11 Å². The van der Waals surface area contributed by atoms with Gasteiger partial charge in [0.2, 0.25) is 0 Å². The first-order valence-electron chi connectivity index (χ1n) is 11.8. The lowest BCUT2D eigenvalue weighted by Crippen LogP contribution is -2.53. The van der Waals surface area contributed by atoms with Gasteiger partial charge in [-0.25, -0.2) is 0 Å². The summed E-state index contributed by atoms with van der Waals surface area (Å²) >= 11 is 0. The summed E-state index contributed by atoms with van der Waals surface area (Å²) in [6, 6.07) is 0. The van der Waals surface area contributed by atoms with Crippen LogP contribution in [0.2, 0.25) is 0 Å². The third kappa shape index (κ3) is 2.61. The molecule has 4 aliphatic carbocycles. The Balaban J connectivity index is 1.46. The molecule has 1 aliphatic heterocycles. The number of rotatable bonds is 1. The molecule has 0 aromatic rings. The van der Waals surface area contributed by atoms with Crippen LogP contribution in [0.25, 0.3) is 0 Å². The van der Waals surface area contributed by atoms with Gasteiger partial charge in [0.1, 0.15) is 0 Å². The molecule has 0 spiro atoms. The predicted molar refractivity (Wildman–Crippen MR) is 111 cm³/mol. The van der Waals surface area contributed by atoms with Crippen molar-refractivity contribution in [3.8, 4) is 0 Å². The van der Waals surface area contributed by atoms with Crippen molar-refractivity contribution in [3.05, 3.63) is 23.4 Å². The van der Waals surface area contributed by atoms with Gasteiger partial charge in [0.15, 0.2) is 0 Å². The molecule has 1 heterocycles. The second-order valence-electron chi connectivity index (χ2n) is 11.0. The number of piperidine rings is 1. The van der Waals surface area contributed by atoms with Crippen molar-refractivity contribution in [2.24, 2.45) is 34.5 Å². The Morgan fingerprint density at radius 1 is 1.00 bits per heavy atom. The van der Waals surface area contributed by atoms with Crippen LogP contribution in [-0.4, -0.2) is 29.2 Å². The number of aliphatic hydroxyl groups is 1. The number of hydrogen-bond acceptors (Lipinski definition) is 2. The normalized spacial score (nSPS) is 49.6. The molecule has 7 atom stereocenters. The number of fused-ring (bicyclic) bond motifs is 5. The summed E-state index contributed by atoms with van der Waals surface area (Å²) in [5.41, 5.74) is 4.08. The maximum absolute atomic E-state index is 10.3. The molecule has 2 nitrogen and oxygen atoms in total. The van der Waals surface area contributed by atoms with Gasteiger partial charge in [0, 0.05) is 24.2 Å². The molecular formula is C25H39NO. The topological polar surface area (TPSA) is 23.5 Å². The van der Waals surface area contributed by atoms with Crippen molar-refractivity contribution in [2.75, 3.05) is 13.1 Å². The molecule has 3 fully saturated rings. The van der Waals surface area contributed by atoms with Gasteiger partial charge < -0.3 is 10.0 Å². The van der Waals surface area contributed by atoms with Crippen molar-refractivity contribution in [2.45, 2.75) is 84.7 Å². The average molecular weight is 370 g/mol. The second-order valence-corrected chi connectivity index (χ2v) is 11.0. The van der Waals surface area contributed by atoms with E-state index in [1.807, 2.05) is 0 Å². The van der Waals surface area contributed by atoms with Crippen LogP contribution >= 0.6 is 0 Å². The molecule has 0 aromatic carbocycles. The molecule has 27 heavy (non-hydrogen) atoms. The zero-order chi connectivity index (χ0) is 18.8. The van der Waals surface area contributed by atoms with E-state index in [0.29, 0.717) is 16.7 Å². The third-order valence-corrected chi connectivity index (χ3v) is 9.64. The minimum Gasteiger partial charge on any atom is -0.393 e. The van der Waals surface area contributed by atoms with Crippen LogP contribution in [0.1, 0.15) is 78.6 Å². The van der Waals surface area contributed by atoms with Crippen molar-refractivity contribution >= 4 is 0 Å². The van der Waals surface area contributed by atoms with E-state index in [1.165, 1.54) is 58.0 Å². The van der Waals surface area contributed by atoms with Crippen molar-refractivity contribution in [3.63, 3.8) is 0 Å². The first-order chi connectivity index (χ1) is 12.9. The molecule has 1 N–H and O–H groups in total. The fourth-order valence-electron chi connectivity index (χ4n) is 8.17. The van der Waals surface area contributed by atoms with E-state index in [-0.39, 0.29) is 6.10 Å². The Labute approximate surface area is 166 Å². The van der Waals surface area contributed by atoms with Crippen LogP contribution in [0.4, 0.5) is 0 Å². The predicted octanol–water partition coefficient (Wildman–Crippen LogP) is 5.54. The van der Waals surface area contributed by atoms with Crippen LogP contribution in [-0.2, 0) is 0 Å². The van der Waals surface area contributed by atoms with Gasteiger partial charge in [-0.2, -0.15) is 0 Å². The van der Waals surface area contributed by atoms with Crippen LogP contribution in [0.15, 0.2) is 23.4 Å². The molecule has 5 rings (SSSR count). The Morgan fingerprint density at radius 2 is 1.74 bits per heavy atom. The quantitative estimate of drug-likeness (QED) is 0.614. The maximum Gasteiger partial charge on any atom is 0.0577 e. The molecule has 0 radical (unpaired) electrons. The smallest absolute Gasteiger partial charge is 0.0577 e. The highest BCUT2D eigenvalue weighted by molar-refractivity contribution is 5.31. The van der Waals surface area contributed by atoms with E-state index in [1.54, 1.807) is 11.3 Å². The summed E-state index contributed by atoms with van der Waals surface area (Å²) in [6.45, 7) is 10.2. The van der Waals surface area contributed by atoms with Crippen molar-refractivity contribution in [1.29, 1.82) is 0 Å².